The minimum Gasteiger partial charge on any atom is -0.460 e. The van der Waals surface area contributed by atoms with Crippen molar-refractivity contribution >= 4 is 29.8 Å². The van der Waals surface area contributed by atoms with Crippen molar-refractivity contribution in [1.82, 2.24) is 25.9 Å². The molecule has 2 aromatic carbocycles. The summed E-state index contributed by atoms with van der Waals surface area (Å²) in [5, 5.41) is 7.70. The molecule has 0 saturated carbocycles. The maximum Gasteiger partial charge on any atom is 0.408 e. The number of esters is 1. The Bertz CT molecular complexity index is 1420. The van der Waals surface area contributed by atoms with Gasteiger partial charge in [-0.3, -0.25) is 24.5 Å². The van der Waals surface area contributed by atoms with Crippen LogP contribution in [0.5, 0.6) is 0 Å². The van der Waals surface area contributed by atoms with Crippen LogP contribution in [0.25, 0.3) is 0 Å². The first-order valence-corrected chi connectivity index (χ1v) is 15.8. The molecule has 0 aliphatic rings. The van der Waals surface area contributed by atoms with E-state index in [1.54, 1.807) is 6.20 Å². The topological polar surface area (TPSA) is 169 Å². The van der Waals surface area contributed by atoms with Crippen LogP contribution in [-0.2, 0) is 48.1 Å². The van der Waals surface area contributed by atoms with Crippen molar-refractivity contribution < 1.29 is 33.4 Å². The standard InChI is InChI=1S/C35H45N5O7/c1-35(2,3)47-31(42)19-13-5-4-12-18-30(41)40-33(44)29(21-27-22-36-24-37-27)38-32(43)28(20-25-14-8-6-9-15-25)39-34(45)46-23-26-16-10-7-11-17-26/h6-11,14-17,22,24,28-29H,4-5,12-13,18-21,23H2,1-3H3,(H,36,37)(H,38,43)(H,39,45)(H,40,41,44)/t28-,29-/m0/s1. The monoisotopic (exact) mass is 647 g/mol. The molecular formula is C35H45N5O7. The number of unbranched alkanes of at least 4 members (excludes halogenated alkanes) is 3. The number of imide groups is 1. The van der Waals surface area contributed by atoms with Crippen molar-refractivity contribution in [3.05, 3.63) is 90.0 Å². The zero-order valence-electron chi connectivity index (χ0n) is 27.3. The van der Waals surface area contributed by atoms with Crippen molar-refractivity contribution in [3.8, 4) is 0 Å². The minimum absolute atomic E-state index is 0.00945. The Labute approximate surface area is 275 Å². The van der Waals surface area contributed by atoms with Gasteiger partial charge in [0, 0.05) is 31.9 Å². The Kier molecular flexibility index (Phi) is 14.6. The molecule has 47 heavy (non-hydrogen) atoms. The summed E-state index contributed by atoms with van der Waals surface area (Å²) in [6, 6.07) is 16.0. The summed E-state index contributed by atoms with van der Waals surface area (Å²) in [7, 11) is 0. The fourth-order valence-corrected chi connectivity index (χ4v) is 4.65. The smallest absolute Gasteiger partial charge is 0.408 e. The molecule has 252 valence electrons. The first-order chi connectivity index (χ1) is 22.5. The number of hydrogen-bond donors (Lipinski definition) is 4. The molecule has 0 spiro atoms. The number of H-pyrrole nitrogens is 1. The van der Waals surface area contributed by atoms with Gasteiger partial charge in [0.1, 0.15) is 24.3 Å². The van der Waals surface area contributed by atoms with Gasteiger partial charge in [-0.2, -0.15) is 0 Å². The molecule has 1 aromatic heterocycles. The first kappa shape index (κ1) is 36.5. The van der Waals surface area contributed by atoms with Gasteiger partial charge in [0.15, 0.2) is 0 Å². The van der Waals surface area contributed by atoms with Gasteiger partial charge in [0.25, 0.3) is 0 Å². The predicted molar refractivity (Wildman–Crippen MR) is 175 cm³/mol. The maximum absolute atomic E-state index is 13.6. The quantitative estimate of drug-likeness (QED) is 0.124. The van der Waals surface area contributed by atoms with Gasteiger partial charge in [0.2, 0.25) is 17.7 Å². The van der Waals surface area contributed by atoms with E-state index in [4.69, 9.17) is 9.47 Å². The zero-order valence-corrected chi connectivity index (χ0v) is 27.3. The van der Waals surface area contributed by atoms with Gasteiger partial charge >= 0.3 is 12.1 Å². The lowest BCUT2D eigenvalue weighted by Crippen LogP contribution is -2.55. The van der Waals surface area contributed by atoms with Crippen LogP contribution in [0.4, 0.5) is 4.79 Å². The Morgan fingerprint density at radius 1 is 0.766 bits per heavy atom. The van der Waals surface area contributed by atoms with Crippen molar-refractivity contribution in [2.24, 2.45) is 0 Å². The number of ether oxygens (including phenoxy) is 2. The minimum atomic E-state index is -1.15. The van der Waals surface area contributed by atoms with E-state index in [0.717, 1.165) is 17.5 Å². The van der Waals surface area contributed by atoms with E-state index in [9.17, 15) is 24.0 Å². The van der Waals surface area contributed by atoms with Gasteiger partial charge in [0.05, 0.1) is 12.0 Å². The highest BCUT2D eigenvalue weighted by atomic mass is 16.6. The first-order valence-electron chi connectivity index (χ1n) is 15.8. The molecule has 1 heterocycles. The Hall–Kier alpha value is -5.00. The zero-order chi connectivity index (χ0) is 34.1. The highest BCUT2D eigenvalue weighted by molar-refractivity contribution is 6.00. The second-order valence-corrected chi connectivity index (χ2v) is 12.2. The van der Waals surface area contributed by atoms with Gasteiger partial charge in [-0.05, 0) is 44.7 Å². The van der Waals surface area contributed by atoms with E-state index in [0.29, 0.717) is 31.4 Å². The Balaban J connectivity index is 1.57. The Morgan fingerprint density at radius 3 is 2.00 bits per heavy atom. The van der Waals surface area contributed by atoms with Crippen molar-refractivity contribution in [2.45, 2.75) is 96.4 Å². The number of carbonyl (C=O) groups excluding carboxylic acids is 5. The van der Waals surface area contributed by atoms with E-state index in [-0.39, 0.29) is 31.8 Å². The number of alkyl carbamates (subject to hydrolysis) is 1. The van der Waals surface area contributed by atoms with Crippen LogP contribution >= 0.6 is 0 Å². The fourth-order valence-electron chi connectivity index (χ4n) is 4.65. The highest BCUT2D eigenvalue weighted by Crippen LogP contribution is 2.12. The van der Waals surface area contributed by atoms with Gasteiger partial charge in [-0.1, -0.05) is 73.5 Å². The van der Waals surface area contributed by atoms with Crippen molar-refractivity contribution in [1.29, 1.82) is 0 Å². The number of nitrogens with zero attached hydrogens (tertiary/aromatic N) is 1. The second-order valence-electron chi connectivity index (χ2n) is 12.2. The van der Waals surface area contributed by atoms with Crippen LogP contribution in [0.15, 0.2) is 73.2 Å². The van der Waals surface area contributed by atoms with Crippen LogP contribution in [0.1, 0.15) is 76.1 Å². The summed E-state index contributed by atoms with van der Waals surface area (Å²) >= 11 is 0. The highest BCUT2D eigenvalue weighted by Gasteiger charge is 2.29. The maximum atomic E-state index is 13.6. The molecule has 0 unspecified atom stereocenters. The lowest BCUT2D eigenvalue weighted by molar-refractivity contribution is -0.155. The molecule has 0 aliphatic carbocycles. The Morgan fingerprint density at radius 2 is 1.38 bits per heavy atom. The number of aromatic nitrogens is 2. The lowest BCUT2D eigenvalue weighted by Gasteiger charge is -2.23. The second kappa shape index (κ2) is 18.8. The number of hydrogen-bond acceptors (Lipinski definition) is 8. The normalized spacial score (nSPS) is 12.3. The third-order valence-electron chi connectivity index (χ3n) is 6.92. The molecule has 12 nitrogen and oxygen atoms in total. The summed E-state index contributed by atoms with van der Waals surface area (Å²) in [5.41, 5.74) is 1.54. The molecule has 0 aliphatic heterocycles. The average Bonchev–Trinajstić information content (AvgIpc) is 3.54. The number of rotatable bonds is 17. The SMILES string of the molecule is CC(C)(C)OC(=O)CCCCCCC(=O)NC(=O)[C@H](Cc1c[nH]cn1)NC(=O)[C@H](Cc1ccccc1)NC(=O)OCc1ccccc1. The molecule has 12 heteroatoms. The summed E-state index contributed by atoms with van der Waals surface area (Å²) < 4.78 is 10.6. The van der Waals surface area contributed by atoms with E-state index >= 15 is 0 Å². The van der Waals surface area contributed by atoms with E-state index in [1.807, 2.05) is 81.4 Å². The third kappa shape index (κ3) is 14.8. The van der Waals surface area contributed by atoms with Crippen LogP contribution < -0.4 is 16.0 Å². The van der Waals surface area contributed by atoms with E-state index in [1.165, 1.54) is 6.33 Å². The average molecular weight is 648 g/mol. The molecule has 4 N–H and O–H groups in total. The molecule has 3 rings (SSSR count). The number of carbonyl (C=O) groups is 5. The summed E-state index contributed by atoms with van der Waals surface area (Å²) in [4.78, 5) is 71.0. The molecule has 0 saturated heterocycles. The van der Waals surface area contributed by atoms with Crippen LogP contribution in [0.3, 0.4) is 0 Å². The van der Waals surface area contributed by atoms with Crippen LogP contribution in [0, 0.1) is 0 Å². The molecule has 2 atom stereocenters. The van der Waals surface area contributed by atoms with Crippen LogP contribution in [0.2, 0.25) is 0 Å². The van der Waals surface area contributed by atoms with Gasteiger partial charge in [-0.15, -0.1) is 0 Å². The predicted octanol–water partition coefficient (Wildman–Crippen LogP) is 4.30. The summed E-state index contributed by atoms with van der Waals surface area (Å²) in [6.07, 6.45) is 5.41. The molecular weight excluding hydrogens is 602 g/mol. The summed E-state index contributed by atoms with van der Waals surface area (Å²) in [5.74, 6) is -2.05. The molecule has 4 amide bonds. The van der Waals surface area contributed by atoms with Gasteiger partial charge < -0.3 is 25.1 Å². The molecule has 0 bridgehead atoms. The number of benzene rings is 2. The number of nitrogens with one attached hydrogen (secondary N) is 4. The lowest BCUT2D eigenvalue weighted by atomic mass is 10.0. The van der Waals surface area contributed by atoms with Crippen molar-refractivity contribution in [3.63, 3.8) is 0 Å². The molecule has 0 fully saturated rings. The van der Waals surface area contributed by atoms with Crippen LogP contribution in [-0.4, -0.2) is 57.4 Å². The van der Waals surface area contributed by atoms with Gasteiger partial charge in [-0.25, -0.2) is 9.78 Å². The van der Waals surface area contributed by atoms with Crippen molar-refractivity contribution in [2.75, 3.05) is 0 Å². The molecule has 3 aromatic rings. The largest absolute Gasteiger partial charge is 0.460 e. The van der Waals surface area contributed by atoms with E-state index < -0.39 is 41.5 Å². The number of amides is 4. The number of imidazole rings is 1. The number of aromatic amines is 1. The van der Waals surface area contributed by atoms with E-state index in [2.05, 4.69) is 25.9 Å². The third-order valence-corrected chi connectivity index (χ3v) is 6.92. The molecule has 0 radical (unpaired) electrons. The fraction of sp³-hybridized carbons (Fsp3) is 0.429. The summed E-state index contributed by atoms with van der Waals surface area (Å²) in [6.45, 7) is 5.47.